The summed E-state index contributed by atoms with van der Waals surface area (Å²) in [7, 11) is 3.00. The monoisotopic (exact) mass is 588 g/mol. The molecule has 1 aromatic heterocycles. The maximum Gasteiger partial charge on any atom is 0.248 e. The fraction of sp³-hybridized carbons (Fsp3) is 0.467. The number of aliphatic hydroxyl groups is 1. The highest BCUT2D eigenvalue weighted by Gasteiger charge is 2.37. The van der Waals surface area contributed by atoms with Crippen molar-refractivity contribution in [2.75, 3.05) is 60.2 Å². The minimum Gasteiger partial charge on any atom is -0.493 e. The maximum absolute atomic E-state index is 13.7. The first-order valence-corrected chi connectivity index (χ1v) is 13.8. The van der Waals surface area contributed by atoms with Gasteiger partial charge in [-0.3, -0.25) is 9.69 Å². The predicted molar refractivity (Wildman–Crippen MR) is 151 cm³/mol. The SMILES string of the molecule is CCc1nccn1CCOc1ccc(CN2CCN(C(=O)COC)CC(O)(COc3cc(F)cc(F)c3)C2)cc1OC. The van der Waals surface area contributed by atoms with Gasteiger partial charge in [0.05, 0.1) is 20.2 Å². The molecule has 10 nitrogen and oxygen atoms in total. The van der Waals surface area contributed by atoms with Crippen LogP contribution in [-0.2, 0) is 29.0 Å². The van der Waals surface area contributed by atoms with E-state index in [1.54, 1.807) is 13.3 Å². The molecule has 2 heterocycles. The zero-order chi connectivity index (χ0) is 30.1. The molecule has 1 atom stereocenters. The van der Waals surface area contributed by atoms with Crippen molar-refractivity contribution in [3.05, 3.63) is 71.8 Å². The van der Waals surface area contributed by atoms with E-state index in [2.05, 4.69) is 16.5 Å². The number of aromatic nitrogens is 2. The number of benzene rings is 2. The Balaban J connectivity index is 1.45. The molecule has 1 aliphatic heterocycles. The highest BCUT2D eigenvalue weighted by atomic mass is 19.1. The third-order valence-electron chi connectivity index (χ3n) is 7.00. The molecule has 1 amide bonds. The second-order valence-corrected chi connectivity index (χ2v) is 10.3. The second-order valence-electron chi connectivity index (χ2n) is 10.3. The van der Waals surface area contributed by atoms with E-state index in [1.807, 2.05) is 29.3 Å². The van der Waals surface area contributed by atoms with Gasteiger partial charge in [-0.2, -0.15) is 0 Å². The molecule has 0 spiro atoms. The van der Waals surface area contributed by atoms with Gasteiger partial charge >= 0.3 is 0 Å². The third kappa shape index (κ3) is 8.40. The Morgan fingerprint density at radius 2 is 1.83 bits per heavy atom. The van der Waals surface area contributed by atoms with Crippen LogP contribution in [0.2, 0.25) is 0 Å². The van der Waals surface area contributed by atoms with E-state index in [0.717, 1.165) is 36.0 Å². The number of nitrogens with zero attached hydrogens (tertiary/aromatic N) is 4. The lowest BCUT2D eigenvalue weighted by molar-refractivity contribution is -0.138. The van der Waals surface area contributed by atoms with Crippen LogP contribution < -0.4 is 14.2 Å². The van der Waals surface area contributed by atoms with Gasteiger partial charge in [0.2, 0.25) is 5.91 Å². The Bertz CT molecular complexity index is 1320. The van der Waals surface area contributed by atoms with Crippen LogP contribution in [0.3, 0.4) is 0 Å². The molecule has 228 valence electrons. The van der Waals surface area contributed by atoms with Crippen molar-refractivity contribution in [1.29, 1.82) is 0 Å². The van der Waals surface area contributed by atoms with Gasteiger partial charge in [-0.25, -0.2) is 13.8 Å². The summed E-state index contributed by atoms with van der Waals surface area (Å²) in [5.41, 5.74) is -0.616. The van der Waals surface area contributed by atoms with Gasteiger partial charge in [-0.15, -0.1) is 0 Å². The van der Waals surface area contributed by atoms with Crippen molar-refractivity contribution >= 4 is 5.91 Å². The van der Waals surface area contributed by atoms with Gasteiger partial charge < -0.3 is 33.5 Å². The van der Waals surface area contributed by atoms with Crippen LogP contribution in [0, 0.1) is 11.6 Å². The first-order chi connectivity index (χ1) is 20.2. The van der Waals surface area contributed by atoms with Crippen molar-refractivity contribution in [3.8, 4) is 17.2 Å². The molecule has 4 rings (SSSR count). The minimum atomic E-state index is -1.53. The Kier molecular flexibility index (Phi) is 10.7. The number of ether oxygens (including phenoxy) is 4. The molecule has 1 N–H and O–H groups in total. The van der Waals surface area contributed by atoms with Crippen molar-refractivity contribution in [1.82, 2.24) is 19.4 Å². The number of carbonyl (C=O) groups excluding carboxylic acids is 1. The molecule has 3 aromatic rings. The molecule has 0 aliphatic carbocycles. The van der Waals surface area contributed by atoms with E-state index in [0.29, 0.717) is 44.3 Å². The van der Waals surface area contributed by atoms with Gasteiger partial charge in [0.15, 0.2) is 11.5 Å². The van der Waals surface area contributed by atoms with E-state index in [-0.39, 0.29) is 38.0 Å². The number of carbonyl (C=O) groups is 1. The number of β-amino-alcohol motifs (C(OH)–C–C–N with tert-alkyl or cyclic N) is 1. The van der Waals surface area contributed by atoms with Gasteiger partial charge in [0.1, 0.15) is 48.6 Å². The summed E-state index contributed by atoms with van der Waals surface area (Å²) in [5.74, 6) is 0.279. The number of rotatable bonds is 13. The van der Waals surface area contributed by atoms with E-state index >= 15 is 0 Å². The first-order valence-electron chi connectivity index (χ1n) is 13.8. The van der Waals surface area contributed by atoms with Crippen LogP contribution in [0.1, 0.15) is 18.3 Å². The van der Waals surface area contributed by atoms with Gasteiger partial charge in [-0.05, 0) is 17.7 Å². The van der Waals surface area contributed by atoms with Crippen molar-refractivity contribution in [3.63, 3.8) is 0 Å². The van der Waals surface area contributed by atoms with Crippen molar-refractivity contribution < 1.29 is 37.6 Å². The van der Waals surface area contributed by atoms with Gasteiger partial charge in [-0.1, -0.05) is 13.0 Å². The standard InChI is InChI=1S/C30H38F2N4O6/c1-4-28-33-7-8-35(28)11-12-41-26-6-5-22(13-27(26)40-3)17-34-9-10-36(29(37)18-39-2)20-30(38,19-34)21-42-25-15-23(31)14-24(32)16-25/h5-8,13-16,38H,4,9-12,17-21H2,1-3H3. The smallest absolute Gasteiger partial charge is 0.248 e. The zero-order valence-corrected chi connectivity index (χ0v) is 24.2. The predicted octanol–water partition coefficient (Wildman–Crippen LogP) is 2.91. The topological polar surface area (TPSA) is 98.5 Å². The first kappa shape index (κ1) is 31.2. The molecule has 1 unspecified atom stereocenters. The average Bonchev–Trinajstić information content (AvgIpc) is 3.34. The lowest BCUT2D eigenvalue weighted by Gasteiger charge is -2.33. The Morgan fingerprint density at radius 1 is 1.05 bits per heavy atom. The Hall–Kier alpha value is -3.74. The molecule has 0 radical (unpaired) electrons. The summed E-state index contributed by atoms with van der Waals surface area (Å²) < 4.78 is 51.6. The van der Waals surface area contributed by atoms with Crippen LogP contribution in [0.4, 0.5) is 8.78 Å². The van der Waals surface area contributed by atoms with E-state index in [1.165, 1.54) is 12.0 Å². The maximum atomic E-state index is 13.7. The number of amides is 1. The molecule has 2 aromatic carbocycles. The highest BCUT2D eigenvalue weighted by Crippen LogP contribution is 2.29. The number of aryl methyl sites for hydroxylation is 1. The summed E-state index contributed by atoms with van der Waals surface area (Å²) in [6, 6.07) is 8.49. The van der Waals surface area contributed by atoms with Crippen LogP contribution in [0.15, 0.2) is 48.8 Å². The average molecular weight is 589 g/mol. The lowest BCUT2D eigenvalue weighted by Crippen LogP contribution is -2.52. The summed E-state index contributed by atoms with van der Waals surface area (Å²) >= 11 is 0. The zero-order valence-electron chi connectivity index (χ0n) is 24.2. The van der Waals surface area contributed by atoms with Crippen LogP contribution in [-0.4, -0.2) is 96.2 Å². The number of methoxy groups -OCH3 is 2. The normalized spacial score (nSPS) is 17.6. The molecule has 1 fully saturated rings. The van der Waals surface area contributed by atoms with Gasteiger partial charge in [0, 0.05) is 70.3 Å². The number of hydrogen-bond donors (Lipinski definition) is 1. The molecule has 42 heavy (non-hydrogen) atoms. The molecule has 1 saturated heterocycles. The summed E-state index contributed by atoms with van der Waals surface area (Å²) in [6.45, 7) is 4.12. The number of hydrogen-bond acceptors (Lipinski definition) is 8. The largest absolute Gasteiger partial charge is 0.493 e. The van der Waals surface area contributed by atoms with Gasteiger partial charge in [0.25, 0.3) is 0 Å². The van der Waals surface area contributed by atoms with Crippen LogP contribution in [0.25, 0.3) is 0 Å². The number of imidazole rings is 1. The Morgan fingerprint density at radius 3 is 2.55 bits per heavy atom. The summed E-state index contributed by atoms with van der Waals surface area (Å²) in [4.78, 5) is 20.5. The molecular weight excluding hydrogens is 550 g/mol. The van der Waals surface area contributed by atoms with Crippen LogP contribution in [0.5, 0.6) is 17.2 Å². The molecule has 0 saturated carbocycles. The molecule has 0 bridgehead atoms. The van der Waals surface area contributed by atoms with Crippen LogP contribution >= 0.6 is 0 Å². The third-order valence-corrected chi connectivity index (χ3v) is 7.00. The lowest BCUT2D eigenvalue weighted by atomic mass is 10.0. The second kappa shape index (κ2) is 14.4. The highest BCUT2D eigenvalue weighted by molar-refractivity contribution is 5.77. The van der Waals surface area contributed by atoms with E-state index < -0.39 is 17.2 Å². The summed E-state index contributed by atoms with van der Waals surface area (Å²) in [6.07, 6.45) is 4.54. The fourth-order valence-electron chi connectivity index (χ4n) is 5.02. The quantitative estimate of drug-likeness (QED) is 0.326. The number of halogens is 2. The Labute approximate surface area is 244 Å². The molecule has 12 heteroatoms. The van der Waals surface area contributed by atoms with Crippen molar-refractivity contribution in [2.45, 2.75) is 32.0 Å². The molecule has 1 aliphatic rings. The van der Waals surface area contributed by atoms with E-state index in [9.17, 15) is 18.7 Å². The molecular formula is C30H38F2N4O6. The fourth-order valence-corrected chi connectivity index (χ4v) is 5.02. The van der Waals surface area contributed by atoms with E-state index in [4.69, 9.17) is 18.9 Å². The minimum absolute atomic E-state index is 0.0315. The van der Waals surface area contributed by atoms with Crippen molar-refractivity contribution in [2.24, 2.45) is 0 Å². The summed E-state index contributed by atoms with van der Waals surface area (Å²) in [5, 5.41) is 11.6.